The molecule has 2 heterocycles. The van der Waals surface area contributed by atoms with Crippen molar-refractivity contribution in [3.8, 4) is 5.88 Å². The molecule has 0 N–H and O–H groups in total. The van der Waals surface area contributed by atoms with Crippen molar-refractivity contribution in [1.29, 1.82) is 0 Å². The maximum atomic E-state index is 12.1. The molecule has 132 valence electrons. The van der Waals surface area contributed by atoms with Crippen molar-refractivity contribution in [3.63, 3.8) is 0 Å². The topological polar surface area (TPSA) is 64.5 Å². The van der Waals surface area contributed by atoms with Gasteiger partial charge in [0.25, 0.3) is 0 Å². The van der Waals surface area contributed by atoms with Crippen LogP contribution in [0.4, 0.5) is 4.79 Å². The molecule has 1 aromatic rings. The maximum Gasteiger partial charge on any atom is 0.410 e. The average Bonchev–Trinajstić information content (AvgIpc) is 3.16. The summed E-state index contributed by atoms with van der Waals surface area (Å²) in [6, 6.07) is 0. The van der Waals surface area contributed by atoms with Crippen LogP contribution in [0.15, 0.2) is 6.20 Å². The van der Waals surface area contributed by atoms with Crippen molar-refractivity contribution in [3.05, 3.63) is 17.0 Å². The summed E-state index contributed by atoms with van der Waals surface area (Å²) in [6.07, 6.45) is 5.34. The number of hydrogen-bond donors (Lipinski definition) is 0. The highest BCUT2D eigenvalue weighted by atomic mass is 35.5. The lowest BCUT2D eigenvalue weighted by atomic mass is 10.0. The van der Waals surface area contributed by atoms with E-state index >= 15 is 0 Å². The minimum absolute atomic E-state index is 0.249. The molecule has 0 unspecified atom stereocenters. The first-order chi connectivity index (χ1) is 11.3. The molecular weight excluding hydrogens is 330 g/mol. The van der Waals surface area contributed by atoms with E-state index in [1.54, 1.807) is 11.1 Å². The molecule has 1 saturated carbocycles. The fraction of sp³-hybridized carbons (Fsp3) is 0.706. The van der Waals surface area contributed by atoms with Crippen LogP contribution in [0.5, 0.6) is 5.88 Å². The zero-order chi connectivity index (χ0) is 17.3. The lowest BCUT2D eigenvalue weighted by Crippen LogP contribution is -2.35. The van der Waals surface area contributed by atoms with Gasteiger partial charge in [-0.15, -0.1) is 0 Å². The van der Waals surface area contributed by atoms with Crippen LogP contribution in [0, 0.1) is 5.92 Å². The number of nitrogens with zero attached hydrogens (tertiary/aromatic N) is 3. The summed E-state index contributed by atoms with van der Waals surface area (Å²) >= 11 is 6.09. The summed E-state index contributed by atoms with van der Waals surface area (Å²) in [5.41, 5.74) is -0.469. The molecule has 0 bridgehead atoms. The van der Waals surface area contributed by atoms with E-state index in [0.29, 0.717) is 42.2 Å². The Labute approximate surface area is 147 Å². The molecule has 24 heavy (non-hydrogen) atoms. The molecule has 0 spiro atoms. The summed E-state index contributed by atoms with van der Waals surface area (Å²) in [5.74, 6) is 1.52. The van der Waals surface area contributed by atoms with Crippen molar-refractivity contribution in [2.24, 2.45) is 5.92 Å². The number of rotatable bonds is 4. The predicted molar refractivity (Wildman–Crippen MR) is 90.3 cm³/mol. The highest BCUT2D eigenvalue weighted by Crippen LogP contribution is 2.30. The second-order valence-electron chi connectivity index (χ2n) is 7.54. The van der Waals surface area contributed by atoms with Gasteiger partial charge in [-0.05, 0) is 46.0 Å². The Morgan fingerprint density at radius 2 is 2.12 bits per heavy atom. The van der Waals surface area contributed by atoms with Crippen LogP contribution in [-0.4, -0.2) is 45.8 Å². The van der Waals surface area contributed by atoms with Gasteiger partial charge in [-0.2, -0.15) is 4.98 Å². The van der Waals surface area contributed by atoms with E-state index in [0.717, 1.165) is 19.3 Å². The van der Waals surface area contributed by atoms with E-state index in [1.807, 2.05) is 20.8 Å². The Morgan fingerprint density at radius 3 is 2.79 bits per heavy atom. The molecule has 1 amide bonds. The third kappa shape index (κ3) is 4.72. The minimum Gasteiger partial charge on any atom is -0.473 e. The van der Waals surface area contributed by atoms with E-state index in [-0.39, 0.29) is 12.2 Å². The maximum absolute atomic E-state index is 12.1. The van der Waals surface area contributed by atoms with Crippen LogP contribution >= 0.6 is 11.6 Å². The lowest BCUT2D eigenvalue weighted by Gasteiger charge is -2.24. The summed E-state index contributed by atoms with van der Waals surface area (Å²) in [7, 11) is 0. The van der Waals surface area contributed by atoms with Crippen LogP contribution in [0.3, 0.4) is 0 Å². The Bertz CT molecular complexity index is 614. The highest BCUT2D eigenvalue weighted by Gasteiger charge is 2.31. The summed E-state index contributed by atoms with van der Waals surface area (Å²) in [6.45, 7) is 7.00. The third-order valence-electron chi connectivity index (χ3n) is 3.97. The summed E-state index contributed by atoms with van der Waals surface area (Å²) in [5, 5.41) is 0.451. The fourth-order valence-corrected chi connectivity index (χ4v) is 2.80. The molecule has 1 aromatic heterocycles. The lowest BCUT2D eigenvalue weighted by molar-refractivity contribution is 0.0288. The Hall–Kier alpha value is -1.56. The van der Waals surface area contributed by atoms with Crippen molar-refractivity contribution in [2.75, 3.05) is 13.1 Å². The molecule has 6 nitrogen and oxygen atoms in total. The number of carbonyl (C=O) groups is 1. The molecule has 1 aliphatic carbocycles. The smallest absolute Gasteiger partial charge is 0.410 e. The van der Waals surface area contributed by atoms with Gasteiger partial charge < -0.3 is 14.4 Å². The van der Waals surface area contributed by atoms with E-state index in [9.17, 15) is 4.79 Å². The number of hydrogen-bond acceptors (Lipinski definition) is 5. The summed E-state index contributed by atoms with van der Waals surface area (Å²) < 4.78 is 11.1. The highest BCUT2D eigenvalue weighted by molar-refractivity contribution is 6.31. The first-order valence-corrected chi connectivity index (χ1v) is 8.84. The van der Waals surface area contributed by atoms with Crippen LogP contribution in [0.2, 0.25) is 5.02 Å². The Balaban J connectivity index is 1.56. The predicted octanol–water partition coefficient (Wildman–Crippen LogP) is 3.47. The van der Waals surface area contributed by atoms with Gasteiger partial charge in [-0.3, -0.25) is 0 Å². The van der Waals surface area contributed by atoms with Crippen molar-refractivity contribution in [2.45, 2.75) is 58.2 Å². The molecule has 1 atom stereocenters. The van der Waals surface area contributed by atoms with Crippen molar-refractivity contribution < 1.29 is 14.3 Å². The second-order valence-corrected chi connectivity index (χ2v) is 7.95. The second kappa shape index (κ2) is 6.75. The van der Waals surface area contributed by atoms with Gasteiger partial charge in [-0.25, -0.2) is 9.78 Å². The Morgan fingerprint density at radius 1 is 1.38 bits per heavy atom. The fourth-order valence-electron chi connectivity index (χ4n) is 2.66. The van der Waals surface area contributed by atoms with E-state index in [4.69, 9.17) is 21.1 Å². The largest absolute Gasteiger partial charge is 0.473 e. The van der Waals surface area contributed by atoms with Gasteiger partial charge in [0.2, 0.25) is 5.88 Å². The standard InChI is InChI=1S/C17H24ClN3O3/c1-17(2,3)24-16(22)21-7-6-11(10-21)8-14-19-9-13(18)15(20-14)23-12-4-5-12/h9,11-12H,4-8,10H2,1-3H3/t11-/m0/s1. The number of halogens is 1. The number of aromatic nitrogens is 2. The zero-order valence-electron chi connectivity index (χ0n) is 14.4. The van der Waals surface area contributed by atoms with E-state index in [2.05, 4.69) is 9.97 Å². The van der Waals surface area contributed by atoms with E-state index < -0.39 is 5.60 Å². The SMILES string of the molecule is CC(C)(C)OC(=O)N1CC[C@@H](Cc2ncc(Cl)c(OC3CC3)n2)C1. The molecule has 0 radical (unpaired) electrons. The molecule has 1 aliphatic heterocycles. The Kier molecular flexibility index (Phi) is 4.85. The normalized spacial score (nSPS) is 21.0. The number of likely N-dealkylation sites (tertiary alicyclic amines) is 1. The van der Waals surface area contributed by atoms with Gasteiger partial charge in [-0.1, -0.05) is 11.6 Å². The number of carbonyl (C=O) groups excluding carboxylic acids is 1. The molecule has 7 heteroatoms. The average molecular weight is 354 g/mol. The molecule has 3 rings (SSSR count). The zero-order valence-corrected chi connectivity index (χ0v) is 15.2. The van der Waals surface area contributed by atoms with Gasteiger partial charge in [0.1, 0.15) is 22.6 Å². The van der Waals surface area contributed by atoms with Crippen LogP contribution in [0.1, 0.15) is 45.9 Å². The third-order valence-corrected chi connectivity index (χ3v) is 4.23. The number of ether oxygens (including phenoxy) is 2. The summed E-state index contributed by atoms with van der Waals surface area (Å²) in [4.78, 5) is 22.6. The molecule has 2 fully saturated rings. The molecule has 0 aromatic carbocycles. The molecule has 1 saturated heterocycles. The van der Waals surface area contributed by atoms with Gasteiger partial charge in [0.05, 0.1) is 6.20 Å². The first-order valence-electron chi connectivity index (χ1n) is 8.46. The van der Waals surface area contributed by atoms with Crippen LogP contribution in [-0.2, 0) is 11.2 Å². The van der Waals surface area contributed by atoms with Crippen LogP contribution < -0.4 is 4.74 Å². The van der Waals surface area contributed by atoms with Gasteiger partial charge >= 0.3 is 6.09 Å². The number of amides is 1. The monoisotopic (exact) mass is 353 g/mol. The quantitative estimate of drug-likeness (QED) is 0.829. The minimum atomic E-state index is -0.469. The van der Waals surface area contributed by atoms with Gasteiger partial charge in [0.15, 0.2) is 0 Å². The first kappa shape index (κ1) is 17.3. The molecular formula is C17H24ClN3O3. The van der Waals surface area contributed by atoms with E-state index in [1.165, 1.54) is 0 Å². The van der Waals surface area contributed by atoms with Gasteiger partial charge in [0, 0.05) is 19.5 Å². The molecule has 2 aliphatic rings. The van der Waals surface area contributed by atoms with Crippen molar-refractivity contribution in [1.82, 2.24) is 14.9 Å². The van der Waals surface area contributed by atoms with Crippen LogP contribution in [0.25, 0.3) is 0 Å². The van der Waals surface area contributed by atoms with Crippen molar-refractivity contribution >= 4 is 17.7 Å².